The molecule has 0 spiro atoms. The van der Waals surface area contributed by atoms with E-state index in [2.05, 4.69) is 10.3 Å². The molecular formula is C22H22FN3O4. The number of nitrogens with one attached hydrogen (secondary N) is 1. The largest absolute Gasteiger partial charge is 0.505 e. The Morgan fingerprint density at radius 3 is 2.63 bits per heavy atom. The number of aromatic hydroxyl groups is 1. The summed E-state index contributed by atoms with van der Waals surface area (Å²) in [6.45, 7) is 1.30. The van der Waals surface area contributed by atoms with Crippen molar-refractivity contribution in [2.45, 2.75) is 38.3 Å². The molecule has 7 nitrogen and oxygen atoms in total. The van der Waals surface area contributed by atoms with Gasteiger partial charge < -0.3 is 20.1 Å². The summed E-state index contributed by atoms with van der Waals surface area (Å²) in [4.78, 5) is 30.0. The summed E-state index contributed by atoms with van der Waals surface area (Å²) in [5.74, 6) is -1.53. The van der Waals surface area contributed by atoms with Crippen molar-refractivity contribution in [1.29, 1.82) is 0 Å². The maximum Gasteiger partial charge on any atom is 0.268 e. The number of aromatic nitrogens is 2. The van der Waals surface area contributed by atoms with E-state index in [1.54, 1.807) is 31.3 Å². The molecule has 1 aliphatic rings. The third kappa shape index (κ3) is 3.78. The summed E-state index contributed by atoms with van der Waals surface area (Å²) in [7, 11) is 0. The van der Waals surface area contributed by atoms with Gasteiger partial charge in [-0.25, -0.2) is 4.39 Å². The van der Waals surface area contributed by atoms with Crippen LogP contribution in [0.5, 0.6) is 5.75 Å². The van der Waals surface area contributed by atoms with Crippen molar-refractivity contribution in [2.24, 2.45) is 0 Å². The highest BCUT2D eigenvalue weighted by atomic mass is 19.1. The van der Waals surface area contributed by atoms with Crippen LogP contribution in [-0.4, -0.2) is 38.3 Å². The maximum atomic E-state index is 13.2. The molecule has 2 heterocycles. The summed E-state index contributed by atoms with van der Waals surface area (Å²) in [5, 5.41) is 22.4. The zero-order valence-corrected chi connectivity index (χ0v) is 16.4. The number of hydrogen-bond donors (Lipinski definition) is 3. The van der Waals surface area contributed by atoms with Crippen LogP contribution in [0, 0.1) is 5.82 Å². The molecule has 0 aliphatic heterocycles. The first-order valence-electron chi connectivity index (χ1n) is 9.81. The van der Waals surface area contributed by atoms with Gasteiger partial charge in [-0.05, 0) is 55.5 Å². The average Bonchev–Trinajstić information content (AvgIpc) is 3.54. The lowest BCUT2D eigenvalue weighted by molar-refractivity contribution is 0.0917. The van der Waals surface area contributed by atoms with Crippen molar-refractivity contribution in [3.63, 3.8) is 0 Å². The number of aliphatic hydroxyl groups is 1. The Balaban J connectivity index is 1.81. The van der Waals surface area contributed by atoms with Crippen LogP contribution in [0.4, 0.5) is 4.39 Å². The number of carbonyl (C=O) groups is 1. The molecule has 0 unspecified atom stereocenters. The highest BCUT2D eigenvalue weighted by molar-refractivity contribution is 6.01. The molecule has 3 aromatic rings. The van der Waals surface area contributed by atoms with E-state index in [-0.39, 0.29) is 29.5 Å². The first kappa shape index (κ1) is 20.0. The van der Waals surface area contributed by atoms with Crippen LogP contribution in [0.3, 0.4) is 0 Å². The molecule has 3 N–H and O–H groups in total. The molecule has 2 aromatic heterocycles. The monoisotopic (exact) mass is 411 g/mol. The zero-order valence-electron chi connectivity index (χ0n) is 16.4. The van der Waals surface area contributed by atoms with Gasteiger partial charge in [0.25, 0.3) is 11.5 Å². The maximum absolute atomic E-state index is 13.2. The number of fused-ring (bicyclic) bond motifs is 1. The Hall–Kier alpha value is -3.26. The zero-order chi connectivity index (χ0) is 21.4. The van der Waals surface area contributed by atoms with E-state index in [4.69, 9.17) is 5.11 Å². The molecule has 1 amide bonds. The molecule has 1 atom stereocenters. The van der Waals surface area contributed by atoms with Gasteiger partial charge in [0.15, 0.2) is 5.75 Å². The third-order valence-electron chi connectivity index (χ3n) is 5.19. The molecule has 1 saturated carbocycles. The Labute approximate surface area is 171 Å². The normalized spacial score (nSPS) is 14.6. The van der Waals surface area contributed by atoms with Crippen molar-refractivity contribution < 1.29 is 19.4 Å². The van der Waals surface area contributed by atoms with Gasteiger partial charge in [-0.3, -0.25) is 14.6 Å². The number of carbonyl (C=O) groups excluding carboxylic acids is 1. The summed E-state index contributed by atoms with van der Waals surface area (Å²) >= 11 is 0. The molecule has 1 aliphatic carbocycles. The second-order valence-corrected chi connectivity index (χ2v) is 7.70. The SMILES string of the molecule is C[C@H](CO)NC(=O)c1c(O)c2ncc(Cc3ccc(F)cc3)cc2n(C2CC2)c1=O. The van der Waals surface area contributed by atoms with Crippen molar-refractivity contribution in [2.75, 3.05) is 6.61 Å². The molecule has 30 heavy (non-hydrogen) atoms. The summed E-state index contributed by atoms with van der Waals surface area (Å²) in [6, 6.07) is 7.30. The third-order valence-corrected chi connectivity index (χ3v) is 5.19. The average molecular weight is 411 g/mol. The molecule has 0 radical (unpaired) electrons. The van der Waals surface area contributed by atoms with Crippen molar-refractivity contribution in [3.05, 3.63) is 69.4 Å². The lowest BCUT2D eigenvalue weighted by Crippen LogP contribution is -2.39. The fourth-order valence-corrected chi connectivity index (χ4v) is 3.49. The minimum atomic E-state index is -0.743. The van der Waals surface area contributed by atoms with Gasteiger partial charge in [-0.1, -0.05) is 12.1 Å². The fraction of sp³-hybridized carbons (Fsp3) is 0.318. The van der Waals surface area contributed by atoms with Crippen molar-refractivity contribution in [1.82, 2.24) is 14.9 Å². The first-order chi connectivity index (χ1) is 14.4. The van der Waals surface area contributed by atoms with E-state index in [0.29, 0.717) is 11.9 Å². The lowest BCUT2D eigenvalue weighted by Gasteiger charge is -2.16. The number of halogens is 1. The summed E-state index contributed by atoms with van der Waals surface area (Å²) in [6.07, 6.45) is 3.66. The fourth-order valence-electron chi connectivity index (χ4n) is 3.49. The number of benzene rings is 1. The minimum Gasteiger partial charge on any atom is -0.505 e. The van der Waals surface area contributed by atoms with E-state index >= 15 is 0 Å². The number of amides is 1. The van der Waals surface area contributed by atoms with Crippen LogP contribution < -0.4 is 10.9 Å². The first-order valence-corrected chi connectivity index (χ1v) is 9.81. The molecular weight excluding hydrogens is 389 g/mol. The molecule has 0 bridgehead atoms. The van der Waals surface area contributed by atoms with Crippen molar-refractivity contribution >= 4 is 16.9 Å². The van der Waals surface area contributed by atoms with E-state index in [9.17, 15) is 19.1 Å². The van der Waals surface area contributed by atoms with Crippen LogP contribution in [0.1, 0.15) is 47.3 Å². The predicted octanol–water partition coefficient (Wildman–Crippen LogP) is 2.28. The highest BCUT2D eigenvalue weighted by Gasteiger charge is 2.31. The lowest BCUT2D eigenvalue weighted by atomic mass is 10.1. The van der Waals surface area contributed by atoms with Gasteiger partial charge in [0.2, 0.25) is 0 Å². The highest BCUT2D eigenvalue weighted by Crippen LogP contribution is 2.38. The van der Waals surface area contributed by atoms with E-state index in [1.807, 2.05) is 0 Å². The van der Waals surface area contributed by atoms with Crippen LogP contribution in [0.15, 0.2) is 41.3 Å². The second-order valence-electron chi connectivity index (χ2n) is 7.70. The number of nitrogens with zero attached hydrogens (tertiary/aromatic N) is 2. The van der Waals surface area contributed by atoms with Crippen LogP contribution in [-0.2, 0) is 6.42 Å². The van der Waals surface area contributed by atoms with Gasteiger partial charge in [-0.15, -0.1) is 0 Å². The van der Waals surface area contributed by atoms with Gasteiger partial charge in [0.05, 0.1) is 12.1 Å². The number of hydrogen-bond acceptors (Lipinski definition) is 5. The molecule has 4 rings (SSSR count). The Bertz CT molecular complexity index is 1170. The Morgan fingerprint density at radius 2 is 2.00 bits per heavy atom. The van der Waals surface area contributed by atoms with Crippen molar-refractivity contribution in [3.8, 4) is 5.75 Å². The summed E-state index contributed by atoms with van der Waals surface area (Å²) in [5.41, 5.74) is 1.38. The molecule has 156 valence electrons. The standard InChI is InChI=1S/C22H22FN3O4/c1-12(11-27)25-21(29)18-20(28)19-17(26(22(18)30)16-6-7-16)9-14(10-24-19)8-13-2-4-15(23)5-3-13/h2-5,9-10,12,16,27-28H,6-8,11H2,1H3,(H,25,29)/t12-/m1/s1. The molecule has 8 heteroatoms. The topological polar surface area (TPSA) is 104 Å². The van der Waals surface area contributed by atoms with E-state index in [1.165, 1.54) is 16.7 Å². The molecule has 1 fully saturated rings. The van der Waals surface area contributed by atoms with Crippen LogP contribution in [0.25, 0.3) is 11.0 Å². The smallest absolute Gasteiger partial charge is 0.268 e. The quantitative estimate of drug-likeness (QED) is 0.577. The Morgan fingerprint density at radius 1 is 1.30 bits per heavy atom. The molecule has 1 aromatic carbocycles. The van der Waals surface area contributed by atoms with Crippen LogP contribution in [0.2, 0.25) is 0 Å². The number of aliphatic hydroxyl groups excluding tert-OH is 1. The number of rotatable bonds is 6. The van der Waals surface area contributed by atoms with Gasteiger partial charge in [0, 0.05) is 18.3 Å². The second kappa shape index (κ2) is 7.87. The Kier molecular flexibility index (Phi) is 5.26. The molecule has 0 saturated heterocycles. The minimum absolute atomic E-state index is 0.0507. The predicted molar refractivity (Wildman–Crippen MR) is 109 cm³/mol. The van der Waals surface area contributed by atoms with E-state index < -0.39 is 23.3 Å². The van der Waals surface area contributed by atoms with Gasteiger partial charge in [0.1, 0.15) is 16.9 Å². The van der Waals surface area contributed by atoms with Gasteiger partial charge in [-0.2, -0.15) is 0 Å². The summed E-state index contributed by atoms with van der Waals surface area (Å²) < 4.78 is 14.7. The number of pyridine rings is 2. The van der Waals surface area contributed by atoms with Gasteiger partial charge >= 0.3 is 0 Å². The van der Waals surface area contributed by atoms with E-state index in [0.717, 1.165) is 24.0 Å². The van der Waals surface area contributed by atoms with Crippen LogP contribution >= 0.6 is 0 Å².